The fourth-order valence-electron chi connectivity index (χ4n) is 3.24. The molecule has 0 saturated heterocycles. The topological polar surface area (TPSA) is 58.4 Å². The molecule has 0 spiro atoms. The second-order valence-corrected chi connectivity index (χ2v) is 7.23. The summed E-state index contributed by atoms with van der Waals surface area (Å²) in [4.78, 5) is 13.2. The highest BCUT2D eigenvalue weighted by Gasteiger charge is 2.16. The molecule has 0 saturated carbocycles. The van der Waals surface area contributed by atoms with Crippen LogP contribution in [0.15, 0.2) is 60.8 Å². The number of carboxylic acids is 1. The van der Waals surface area contributed by atoms with Crippen LogP contribution in [0.25, 0.3) is 11.3 Å². The number of carboxylic acid groups (broad SMARTS) is 1. The smallest absolute Gasteiger partial charge is 0.317 e. The number of carbonyl (C=O) groups is 1. The zero-order chi connectivity index (χ0) is 19.9. The minimum Gasteiger partial charge on any atom is -0.480 e. The molecule has 0 amide bonds. The van der Waals surface area contributed by atoms with E-state index in [4.69, 9.17) is 16.7 Å². The lowest BCUT2D eigenvalue weighted by Gasteiger charge is -2.19. The summed E-state index contributed by atoms with van der Waals surface area (Å²) in [5.74, 6) is -0.821. The quantitative estimate of drug-likeness (QED) is 0.575. The van der Waals surface area contributed by atoms with Gasteiger partial charge >= 0.3 is 5.97 Å². The standard InChI is InChI=1S/C22H24ClN3O2/c1-2-12-25(16-21(27)28)14-19-15-26(13-17-6-4-3-5-7-17)24-22(19)18-8-10-20(23)11-9-18/h3-11,15H,2,12-14,16H2,1H3,(H,27,28). The van der Waals surface area contributed by atoms with E-state index in [9.17, 15) is 9.90 Å². The minimum atomic E-state index is -0.821. The normalized spacial score (nSPS) is 11.1. The van der Waals surface area contributed by atoms with Gasteiger partial charge in [-0.3, -0.25) is 14.4 Å². The van der Waals surface area contributed by atoms with E-state index in [0.717, 1.165) is 35.3 Å². The molecule has 0 bridgehead atoms. The van der Waals surface area contributed by atoms with Crippen LogP contribution in [0, 0.1) is 0 Å². The Hall–Kier alpha value is -2.63. The number of rotatable bonds is 9. The van der Waals surface area contributed by atoms with Crippen molar-refractivity contribution in [2.75, 3.05) is 13.1 Å². The molecule has 1 heterocycles. The highest BCUT2D eigenvalue weighted by atomic mass is 35.5. The molecular weight excluding hydrogens is 374 g/mol. The van der Waals surface area contributed by atoms with Crippen molar-refractivity contribution in [3.8, 4) is 11.3 Å². The number of hydrogen-bond donors (Lipinski definition) is 1. The van der Waals surface area contributed by atoms with Gasteiger partial charge in [-0.15, -0.1) is 0 Å². The molecule has 6 heteroatoms. The SMILES string of the molecule is CCCN(CC(=O)O)Cc1cn(Cc2ccccc2)nc1-c1ccc(Cl)cc1. The molecule has 28 heavy (non-hydrogen) atoms. The van der Waals surface area contributed by atoms with Gasteiger partial charge in [0.15, 0.2) is 0 Å². The molecule has 0 unspecified atom stereocenters. The Bertz CT molecular complexity index is 907. The van der Waals surface area contributed by atoms with Gasteiger partial charge in [0.1, 0.15) is 0 Å². The molecule has 2 aromatic carbocycles. The number of hydrogen-bond acceptors (Lipinski definition) is 3. The zero-order valence-corrected chi connectivity index (χ0v) is 16.6. The average Bonchev–Trinajstić information content (AvgIpc) is 3.05. The van der Waals surface area contributed by atoms with Crippen molar-refractivity contribution in [2.24, 2.45) is 0 Å². The number of aromatic nitrogens is 2. The van der Waals surface area contributed by atoms with Gasteiger partial charge in [0.2, 0.25) is 0 Å². The summed E-state index contributed by atoms with van der Waals surface area (Å²) in [6.07, 6.45) is 2.91. The lowest BCUT2D eigenvalue weighted by Crippen LogP contribution is -2.30. The Morgan fingerprint density at radius 3 is 2.50 bits per heavy atom. The monoisotopic (exact) mass is 397 g/mol. The lowest BCUT2D eigenvalue weighted by atomic mass is 10.1. The molecule has 0 aliphatic rings. The summed E-state index contributed by atoms with van der Waals surface area (Å²) in [5, 5.41) is 14.7. The van der Waals surface area contributed by atoms with Crippen molar-refractivity contribution in [3.05, 3.63) is 76.9 Å². The summed E-state index contributed by atoms with van der Waals surface area (Å²) in [6.45, 7) is 3.97. The molecule has 146 valence electrons. The number of nitrogens with zero attached hydrogens (tertiary/aromatic N) is 3. The highest BCUT2D eigenvalue weighted by molar-refractivity contribution is 6.30. The number of benzene rings is 2. The molecular formula is C22H24ClN3O2. The Kier molecular flexibility index (Phi) is 6.85. The van der Waals surface area contributed by atoms with Gasteiger partial charge in [-0.05, 0) is 30.7 Å². The van der Waals surface area contributed by atoms with E-state index in [1.807, 2.05) is 65.2 Å². The number of halogens is 1. The van der Waals surface area contributed by atoms with Crippen molar-refractivity contribution in [2.45, 2.75) is 26.4 Å². The third-order valence-corrected chi connectivity index (χ3v) is 4.69. The van der Waals surface area contributed by atoms with E-state index >= 15 is 0 Å². The van der Waals surface area contributed by atoms with Gasteiger partial charge in [0.05, 0.1) is 18.8 Å². The van der Waals surface area contributed by atoms with Crippen molar-refractivity contribution < 1.29 is 9.90 Å². The third-order valence-electron chi connectivity index (χ3n) is 4.44. The van der Waals surface area contributed by atoms with Crippen LogP contribution in [0.5, 0.6) is 0 Å². The Balaban J connectivity index is 1.93. The maximum atomic E-state index is 11.2. The van der Waals surface area contributed by atoms with Crippen LogP contribution in [-0.4, -0.2) is 38.8 Å². The molecule has 1 aromatic heterocycles. The number of aliphatic carboxylic acids is 1. The summed E-state index contributed by atoms with van der Waals surface area (Å²) in [6, 6.07) is 17.7. The largest absolute Gasteiger partial charge is 0.480 e. The van der Waals surface area contributed by atoms with Crippen molar-refractivity contribution >= 4 is 17.6 Å². The van der Waals surface area contributed by atoms with E-state index in [0.29, 0.717) is 18.1 Å². The summed E-state index contributed by atoms with van der Waals surface area (Å²) in [7, 11) is 0. The van der Waals surface area contributed by atoms with Gasteiger partial charge in [0, 0.05) is 28.9 Å². The molecule has 3 rings (SSSR count). The molecule has 3 aromatic rings. The van der Waals surface area contributed by atoms with E-state index in [2.05, 4.69) is 12.1 Å². The van der Waals surface area contributed by atoms with Crippen LogP contribution >= 0.6 is 11.6 Å². The second kappa shape index (κ2) is 9.53. The van der Waals surface area contributed by atoms with E-state index in [-0.39, 0.29) is 6.54 Å². The molecule has 0 radical (unpaired) electrons. The first-order valence-corrected chi connectivity index (χ1v) is 9.73. The first kappa shape index (κ1) is 20.1. The maximum Gasteiger partial charge on any atom is 0.317 e. The first-order chi connectivity index (χ1) is 13.5. The van der Waals surface area contributed by atoms with Gasteiger partial charge in [-0.1, -0.05) is 61.0 Å². The molecule has 0 aliphatic carbocycles. The van der Waals surface area contributed by atoms with Crippen molar-refractivity contribution in [3.63, 3.8) is 0 Å². The van der Waals surface area contributed by atoms with Gasteiger partial charge in [-0.25, -0.2) is 0 Å². The van der Waals surface area contributed by atoms with Crippen molar-refractivity contribution in [1.82, 2.24) is 14.7 Å². The van der Waals surface area contributed by atoms with Crippen LogP contribution in [0.1, 0.15) is 24.5 Å². The summed E-state index contributed by atoms with van der Waals surface area (Å²) in [5.41, 5.74) is 4.00. The van der Waals surface area contributed by atoms with Gasteiger partial charge in [0.25, 0.3) is 0 Å². The predicted molar refractivity (Wildman–Crippen MR) is 111 cm³/mol. The Morgan fingerprint density at radius 1 is 1.14 bits per heavy atom. The molecule has 0 aliphatic heterocycles. The van der Waals surface area contributed by atoms with E-state index in [1.165, 1.54) is 0 Å². The fraction of sp³-hybridized carbons (Fsp3) is 0.273. The minimum absolute atomic E-state index is 0.0117. The predicted octanol–water partition coefficient (Wildman–Crippen LogP) is 4.55. The molecule has 1 N–H and O–H groups in total. The Morgan fingerprint density at radius 2 is 1.86 bits per heavy atom. The van der Waals surface area contributed by atoms with E-state index < -0.39 is 5.97 Å². The third kappa shape index (κ3) is 5.44. The average molecular weight is 398 g/mol. The van der Waals surface area contributed by atoms with Crippen LogP contribution < -0.4 is 0 Å². The van der Waals surface area contributed by atoms with Gasteiger partial charge < -0.3 is 5.11 Å². The fourth-order valence-corrected chi connectivity index (χ4v) is 3.37. The maximum absolute atomic E-state index is 11.2. The van der Waals surface area contributed by atoms with E-state index in [1.54, 1.807) is 0 Å². The van der Waals surface area contributed by atoms with Crippen LogP contribution in [0.4, 0.5) is 0 Å². The first-order valence-electron chi connectivity index (χ1n) is 9.35. The van der Waals surface area contributed by atoms with Crippen LogP contribution in [-0.2, 0) is 17.9 Å². The molecule has 5 nitrogen and oxygen atoms in total. The lowest BCUT2D eigenvalue weighted by molar-refractivity contribution is -0.138. The summed E-state index contributed by atoms with van der Waals surface area (Å²) < 4.78 is 1.92. The zero-order valence-electron chi connectivity index (χ0n) is 15.9. The van der Waals surface area contributed by atoms with Crippen LogP contribution in [0.3, 0.4) is 0 Å². The van der Waals surface area contributed by atoms with Crippen molar-refractivity contribution in [1.29, 1.82) is 0 Å². The molecule has 0 atom stereocenters. The van der Waals surface area contributed by atoms with Gasteiger partial charge in [-0.2, -0.15) is 5.10 Å². The summed E-state index contributed by atoms with van der Waals surface area (Å²) >= 11 is 6.04. The molecule has 0 fully saturated rings. The second-order valence-electron chi connectivity index (χ2n) is 6.80. The highest BCUT2D eigenvalue weighted by Crippen LogP contribution is 2.25. The Labute approximate surface area is 170 Å². The van der Waals surface area contributed by atoms with Crippen LogP contribution in [0.2, 0.25) is 5.02 Å².